The third-order valence-corrected chi connectivity index (χ3v) is 3.38. The van der Waals surface area contributed by atoms with Crippen molar-refractivity contribution in [3.63, 3.8) is 0 Å². The van der Waals surface area contributed by atoms with Gasteiger partial charge in [0, 0.05) is 25.3 Å². The number of nitrogens with zero attached hydrogens (tertiary/aromatic N) is 2. The lowest BCUT2D eigenvalue weighted by molar-refractivity contribution is 0.153. The van der Waals surface area contributed by atoms with Crippen molar-refractivity contribution < 1.29 is 14.2 Å². The molecule has 1 aromatic heterocycles. The topological polar surface area (TPSA) is 71.5 Å². The maximum Gasteiger partial charge on any atom is 0.167 e. The molecule has 0 saturated carbocycles. The second-order valence-electron chi connectivity index (χ2n) is 4.62. The Morgan fingerprint density at radius 3 is 2.80 bits per heavy atom. The molecule has 20 heavy (non-hydrogen) atoms. The summed E-state index contributed by atoms with van der Waals surface area (Å²) in [6, 6.07) is 3.87. The van der Waals surface area contributed by atoms with Gasteiger partial charge in [-0.3, -0.25) is 4.68 Å². The molecule has 0 fully saturated rings. The first kappa shape index (κ1) is 12.8. The first-order valence-corrected chi connectivity index (χ1v) is 6.40. The van der Waals surface area contributed by atoms with Gasteiger partial charge in [0.2, 0.25) is 0 Å². The molecule has 1 aliphatic heterocycles. The minimum Gasteiger partial charge on any atom is -0.486 e. The van der Waals surface area contributed by atoms with Gasteiger partial charge in [-0.1, -0.05) is 0 Å². The van der Waals surface area contributed by atoms with Crippen molar-refractivity contribution in [3.05, 3.63) is 23.9 Å². The molecule has 2 N–H and O–H groups in total. The first-order valence-electron chi connectivity index (χ1n) is 6.40. The monoisotopic (exact) mass is 275 g/mol. The molecule has 0 radical (unpaired) electrons. The predicted octanol–water partition coefficient (Wildman–Crippen LogP) is 1.59. The standard InChI is InChI=1S/C14H17N3O3/c1-17-14(15)10(7-16-17)9-3-4-12-13(11(9)8-18-2)20-6-5-19-12/h3-4,7H,5-6,8,15H2,1-2H3. The number of ether oxygens (including phenoxy) is 3. The van der Waals surface area contributed by atoms with Crippen molar-refractivity contribution in [2.75, 3.05) is 26.1 Å². The second-order valence-corrected chi connectivity index (χ2v) is 4.62. The molecule has 1 aliphatic rings. The summed E-state index contributed by atoms with van der Waals surface area (Å²) in [5.41, 5.74) is 8.83. The molecule has 106 valence electrons. The van der Waals surface area contributed by atoms with Crippen LogP contribution in [0, 0.1) is 0 Å². The average molecular weight is 275 g/mol. The van der Waals surface area contributed by atoms with Gasteiger partial charge in [0.1, 0.15) is 19.0 Å². The van der Waals surface area contributed by atoms with E-state index in [0.717, 1.165) is 28.2 Å². The molecule has 6 heteroatoms. The predicted molar refractivity (Wildman–Crippen MR) is 74.8 cm³/mol. The molecule has 0 atom stereocenters. The number of aromatic nitrogens is 2. The SMILES string of the molecule is COCc1c(-c2cnn(C)c2N)ccc2c1OCCO2. The number of hydrogen-bond acceptors (Lipinski definition) is 5. The van der Waals surface area contributed by atoms with Crippen molar-refractivity contribution in [2.24, 2.45) is 7.05 Å². The van der Waals surface area contributed by atoms with Gasteiger partial charge in [0.15, 0.2) is 11.5 Å². The zero-order chi connectivity index (χ0) is 14.1. The Morgan fingerprint density at radius 1 is 1.30 bits per heavy atom. The number of fused-ring (bicyclic) bond motifs is 1. The van der Waals surface area contributed by atoms with Crippen molar-refractivity contribution in [3.8, 4) is 22.6 Å². The molecule has 0 unspecified atom stereocenters. The molecule has 0 aliphatic carbocycles. The van der Waals surface area contributed by atoms with Crippen LogP contribution in [0.4, 0.5) is 5.82 Å². The summed E-state index contributed by atoms with van der Waals surface area (Å²) in [6.07, 6.45) is 1.75. The molecule has 1 aromatic carbocycles. The summed E-state index contributed by atoms with van der Waals surface area (Å²) in [5.74, 6) is 2.09. The molecule has 2 heterocycles. The average Bonchev–Trinajstić information content (AvgIpc) is 2.80. The van der Waals surface area contributed by atoms with E-state index in [1.807, 2.05) is 19.2 Å². The van der Waals surface area contributed by atoms with E-state index < -0.39 is 0 Å². The zero-order valence-electron chi connectivity index (χ0n) is 11.5. The van der Waals surface area contributed by atoms with Gasteiger partial charge in [-0.25, -0.2) is 0 Å². The highest BCUT2D eigenvalue weighted by molar-refractivity contribution is 5.79. The minimum atomic E-state index is 0.427. The maximum absolute atomic E-state index is 6.06. The normalized spacial score (nSPS) is 13.5. The maximum atomic E-state index is 6.06. The molecule has 2 aromatic rings. The van der Waals surface area contributed by atoms with Crippen molar-refractivity contribution >= 4 is 5.82 Å². The van der Waals surface area contributed by atoms with Crippen LogP contribution in [0.1, 0.15) is 5.56 Å². The van der Waals surface area contributed by atoms with Gasteiger partial charge in [-0.05, 0) is 17.7 Å². The van der Waals surface area contributed by atoms with E-state index in [0.29, 0.717) is 25.6 Å². The lowest BCUT2D eigenvalue weighted by Crippen LogP contribution is -2.17. The van der Waals surface area contributed by atoms with Gasteiger partial charge >= 0.3 is 0 Å². The molecule has 6 nitrogen and oxygen atoms in total. The van der Waals surface area contributed by atoms with E-state index in [2.05, 4.69) is 5.10 Å². The van der Waals surface area contributed by atoms with Crippen molar-refractivity contribution in [1.29, 1.82) is 0 Å². The molecule has 3 rings (SSSR count). The molecule has 0 bridgehead atoms. The van der Waals surface area contributed by atoms with Crippen LogP contribution < -0.4 is 15.2 Å². The number of anilines is 1. The van der Waals surface area contributed by atoms with E-state index in [-0.39, 0.29) is 0 Å². The van der Waals surface area contributed by atoms with Gasteiger partial charge in [0.25, 0.3) is 0 Å². The summed E-state index contributed by atoms with van der Waals surface area (Å²) in [7, 11) is 3.46. The van der Waals surface area contributed by atoms with Crippen LogP contribution in [0.5, 0.6) is 11.5 Å². The lowest BCUT2D eigenvalue weighted by atomic mass is 10.00. The van der Waals surface area contributed by atoms with E-state index >= 15 is 0 Å². The molecule has 0 saturated heterocycles. The molecular formula is C14H17N3O3. The minimum absolute atomic E-state index is 0.427. The number of hydrogen-bond donors (Lipinski definition) is 1. The van der Waals surface area contributed by atoms with Gasteiger partial charge in [0.05, 0.1) is 12.8 Å². The number of nitrogen functional groups attached to an aromatic ring is 1. The van der Waals surface area contributed by atoms with Crippen LogP contribution in [0.15, 0.2) is 18.3 Å². The number of nitrogens with two attached hydrogens (primary N) is 1. The Labute approximate surface area is 117 Å². The second kappa shape index (κ2) is 5.05. The number of rotatable bonds is 3. The highest BCUT2D eigenvalue weighted by Gasteiger charge is 2.22. The third-order valence-electron chi connectivity index (χ3n) is 3.38. The number of methoxy groups -OCH3 is 1. The van der Waals surface area contributed by atoms with Gasteiger partial charge in [-0.15, -0.1) is 0 Å². The largest absolute Gasteiger partial charge is 0.486 e. The van der Waals surface area contributed by atoms with Gasteiger partial charge < -0.3 is 19.9 Å². The zero-order valence-corrected chi connectivity index (χ0v) is 11.5. The molecular weight excluding hydrogens is 258 g/mol. The fraction of sp³-hybridized carbons (Fsp3) is 0.357. The highest BCUT2D eigenvalue weighted by Crippen LogP contribution is 2.41. The van der Waals surface area contributed by atoms with Crippen molar-refractivity contribution in [2.45, 2.75) is 6.61 Å². The summed E-state index contributed by atoms with van der Waals surface area (Å²) < 4.78 is 18.3. The highest BCUT2D eigenvalue weighted by atomic mass is 16.6. The van der Waals surface area contributed by atoms with Crippen LogP contribution in [0.25, 0.3) is 11.1 Å². The fourth-order valence-electron chi connectivity index (χ4n) is 2.37. The van der Waals surface area contributed by atoms with E-state index in [4.69, 9.17) is 19.9 Å². The smallest absolute Gasteiger partial charge is 0.167 e. The fourth-order valence-corrected chi connectivity index (χ4v) is 2.37. The van der Waals surface area contributed by atoms with Crippen LogP contribution in [-0.2, 0) is 18.4 Å². The summed E-state index contributed by atoms with van der Waals surface area (Å²) in [6.45, 7) is 1.53. The Hall–Kier alpha value is -2.21. The van der Waals surface area contributed by atoms with Crippen LogP contribution >= 0.6 is 0 Å². The molecule has 0 amide bonds. The lowest BCUT2D eigenvalue weighted by Gasteiger charge is -2.22. The quantitative estimate of drug-likeness (QED) is 0.921. The van der Waals surface area contributed by atoms with E-state index in [1.165, 1.54) is 0 Å². The Morgan fingerprint density at radius 2 is 2.10 bits per heavy atom. The summed E-state index contributed by atoms with van der Waals surface area (Å²) >= 11 is 0. The molecule has 0 spiro atoms. The van der Waals surface area contributed by atoms with E-state index in [1.54, 1.807) is 18.0 Å². The summed E-state index contributed by atoms with van der Waals surface area (Å²) in [5, 5.41) is 4.18. The van der Waals surface area contributed by atoms with E-state index in [9.17, 15) is 0 Å². The summed E-state index contributed by atoms with van der Waals surface area (Å²) in [4.78, 5) is 0. The van der Waals surface area contributed by atoms with Crippen LogP contribution in [0.3, 0.4) is 0 Å². The van der Waals surface area contributed by atoms with Crippen molar-refractivity contribution in [1.82, 2.24) is 9.78 Å². The Kier molecular flexibility index (Phi) is 3.23. The third kappa shape index (κ3) is 1.98. The van der Waals surface area contributed by atoms with Gasteiger partial charge in [-0.2, -0.15) is 5.10 Å². The Balaban J connectivity index is 2.17. The first-order chi connectivity index (χ1) is 9.72. The number of aryl methyl sites for hydroxylation is 1. The Bertz CT molecular complexity index is 637. The van der Waals surface area contributed by atoms with Crippen LogP contribution in [-0.4, -0.2) is 30.1 Å². The number of benzene rings is 1. The van der Waals surface area contributed by atoms with Crippen LogP contribution in [0.2, 0.25) is 0 Å².